The Morgan fingerprint density at radius 2 is 2.22 bits per heavy atom. The van der Waals surface area contributed by atoms with Crippen molar-refractivity contribution in [3.8, 4) is 0 Å². The number of nitrogens with one attached hydrogen (secondary N) is 1. The lowest BCUT2D eigenvalue weighted by Gasteiger charge is -2.28. The summed E-state index contributed by atoms with van der Waals surface area (Å²) in [6.07, 6.45) is 1.17. The van der Waals surface area contributed by atoms with Crippen molar-refractivity contribution in [2.45, 2.75) is 50.4 Å². The Hall–Kier alpha value is -2.49. The highest BCUT2D eigenvalue weighted by Gasteiger charge is 2.33. The largest absolute Gasteiger partial charge is 0.444 e. The van der Waals surface area contributed by atoms with E-state index in [1.54, 1.807) is 4.90 Å². The van der Waals surface area contributed by atoms with Crippen molar-refractivity contribution >= 4 is 33.6 Å². The Balaban J connectivity index is 1.73. The second-order valence-corrected chi connectivity index (χ2v) is 8.89. The van der Waals surface area contributed by atoms with Crippen LogP contribution in [0.15, 0.2) is 23.4 Å². The van der Waals surface area contributed by atoms with Crippen LogP contribution < -0.4 is 0 Å². The van der Waals surface area contributed by atoms with Crippen LogP contribution in [0.3, 0.4) is 0 Å². The minimum atomic E-state index is -1.47. The summed E-state index contributed by atoms with van der Waals surface area (Å²) >= 11 is 0. The lowest BCUT2D eigenvalue weighted by molar-refractivity contribution is -0.384. The number of likely N-dealkylation sites (tertiary alicyclic amines) is 1. The highest BCUT2D eigenvalue weighted by molar-refractivity contribution is 7.84. The number of nitro benzene ring substituents is 1. The molecule has 146 valence electrons. The van der Waals surface area contributed by atoms with Crippen molar-refractivity contribution in [2.75, 3.05) is 12.3 Å². The molecule has 1 saturated heterocycles. The van der Waals surface area contributed by atoms with Gasteiger partial charge in [-0.2, -0.15) is 0 Å². The van der Waals surface area contributed by atoms with E-state index in [1.807, 2.05) is 20.8 Å². The molecular weight excluding hydrogens is 372 g/mol. The van der Waals surface area contributed by atoms with E-state index in [9.17, 15) is 19.1 Å². The van der Waals surface area contributed by atoms with Gasteiger partial charge in [-0.1, -0.05) is 0 Å². The third kappa shape index (κ3) is 4.44. The number of hydrogen-bond donors (Lipinski definition) is 1. The molecule has 1 aromatic carbocycles. The fourth-order valence-corrected chi connectivity index (χ4v) is 4.30. The molecule has 1 fully saturated rings. The quantitative estimate of drug-likeness (QED) is 0.629. The Labute approximate surface area is 158 Å². The minimum Gasteiger partial charge on any atom is -0.444 e. The molecule has 1 amide bonds. The highest BCUT2D eigenvalue weighted by Crippen LogP contribution is 2.24. The molecule has 9 nitrogen and oxygen atoms in total. The van der Waals surface area contributed by atoms with Crippen LogP contribution in [0.5, 0.6) is 0 Å². The number of nitrogens with zero attached hydrogens (tertiary/aromatic N) is 3. The van der Waals surface area contributed by atoms with E-state index in [1.165, 1.54) is 18.2 Å². The van der Waals surface area contributed by atoms with Gasteiger partial charge >= 0.3 is 6.09 Å². The van der Waals surface area contributed by atoms with E-state index in [0.29, 0.717) is 17.6 Å². The number of amides is 1. The predicted molar refractivity (Wildman–Crippen MR) is 100.0 cm³/mol. The molecule has 1 aliphatic rings. The van der Waals surface area contributed by atoms with E-state index >= 15 is 0 Å². The summed E-state index contributed by atoms with van der Waals surface area (Å²) in [6.45, 7) is 5.99. The molecule has 0 radical (unpaired) electrons. The van der Waals surface area contributed by atoms with Crippen molar-refractivity contribution < 1.29 is 18.7 Å². The first-order chi connectivity index (χ1) is 12.6. The molecular formula is C17H22N4O5S. The van der Waals surface area contributed by atoms with Crippen LogP contribution in [0.1, 0.15) is 33.6 Å². The average molecular weight is 394 g/mol. The van der Waals surface area contributed by atoms with Crippen LogP contribution in [0, 0.1) is 10.1 Å². The topological polar surface area (TPSA) is 118 Å². The summed E-state index contributed by atoms with van der Waals surface area (Å²) < 4.78 is 18.2. The number of benzene rings is 1. The van der Waals surface area contributed by atoms with E-state index in [0.717, 1.165) is 12.8 Å². The highest BCUT2D eigenvalue weighted by atomic mass is 32.2. The van der Waals surface area contributed by atoms with Gasteiger partial charge in [0.15, 0.2) is 5.16 Å². The Morgan fingerprint density at radius 3 is 2.89 bits per heavy atom. The number of fused-ring (bicyclic) bond motifs is 1. The number of aromatic nitrogens is 2. The molecule has 27 heavy (non-hydrogen) atoms. The molecule has 0 spiro atoms. The molecule has 3 rings (SSSR count). The van der Waals surface area contributed by atoms with Crippen LogP contribution in [-0.2, 0) is 15.5 Å². The fraction of sp³-hybridized carbons (Fsp3) is 0.529. The summed E-state index contributed by atoms with van der Waals surface area (Å²) in [5.41, 5.74) is 0.328. The molecule has 0 aliphatic carbocycles. The molecule has 2 heterocycles. The first-order valence-electron chi connectivity index (χ1n) is 8.66. The summed E-state index contributed by atoms with van der Waals surface area (Å²) in [6, 6.07) is 4.05. The molecule has 0 saturated carbocycles. The molecule has 1 aromatic heterocycles. The van der Waals surface area contributed by atoms with Crippen molar-refractivity contribution in [3.05, 3.63) is 28.3 Å². The number of rotatable bonds is 4. The number of H-pyrrole nitrogens is 1. The SMILES string of the molecule is CC(C)(C)OC(=O)N1CCCC1CS(=O)c1nc2ccc([N+](=O)[O-])cc2[nH]1. The Kier molecular flexibility index (Phi) is 5.18. The molecule has 1 N–H and O–H groups in total. The van der Waals surface area contributed by atoms with Gasteiger partial charge in [0.05, 0.1) is 32.5 Å². The zero-order chi connectivity index (χ0) is 19.8. The smallest absolute Gasteiger partial charge is 0.410 e. The lowest BCUT2D eigenvalue weighted by Crippen LogP contribution is -2.42. The molecule has 10 heteroatoms. The van der Waals surface area contributed by atoms with Crippen molar-refractivity contribution in [2.24, 2.45) is 0 Å². The van der Waals surface area contributed by atoms with Crippen molar-refractivity contribution in [1.29, 1.82) is 0 Å². The number of nitro groups is 1. The van der Waals surface area contributed by atoms with Crippen molar-refractivity contribution in [1.82, 2.24) is 14.9 Å². The predicted octanol–water partition coefficient (Wildman–Crippen LogP) is 2.98. The molecule has 2 atom stereocenters. The van der Waals surface area contributed by atoms with Gasteiger partial charge in [0, 0.05) is 24.7 Å². The minimum absolute atomic E-state index is 0.0598. The van der Waals surface area contributed by atoms with Gasteiger partial charge in [-0.25, -0.2) is 9.78 Å². The average Bonchev–Trinajstić information content (AvgIpc) is 3.18. The maximum absolute atomic E-state index is 12.7. The normalized spacial score (nSPS) is 18.6. The standard InChI is InChI=1S/C17H22N4O5S/c1-17(2,3)26-16(22)20-8-4-5-12(20)10-27(25)15-18-13-7-6-11(21(23)24)9-14(13)19-15/h6-7,9,12H,4-5,8,10H2,1-3H3,(H,18,19). The molecule has 1 aliphatic heterocycles. The summed E-state index contributed by atoms with van der Waals surface area (Å²) in [7, 11) is -1.47. The third-order valence-corrected chi connectivity index (χ3v) is 5.53. The second kappa shape index (κ2) is 7.26. The number of aromatic amines is 1. The van der Waals surface area contributed by atoms with Crippen LogP contribution in [0.2, 0.25) is 0 Å². The van der Waals surface area contributed by atoms with Gasteiger partial charge in [0.25, 0.3) is 5.69 Å². The van der Waals surface area contributed by atoms with E-state index in [2.05, 4.69) is 9.97 Å². The first-order valence-corrected chi connectivity index (χ1v) is 9.98. The number of carbonyl (C=O) groups excluding carboxylic acids is 1. The van der Waals surface area contributed by atoms with Gasteiger partial charge in [-0.15, -0.1) is 0 Å². The van der Waals surface area contributed by atoms with Gasteiger partial charge in [0.2, 0.25) is 0 Å². The van der Waals surface area contributed by atoms with Crippen molar-refractivity contribution in [3.63, 3.8) is 0 Å². The Morgan fingerprint density at radius 1 is 1.48 bits per heavy atom. The van der Waals surface area contributed by atoms with Gasteiger partial charge < -0.3 is 14.6 Å². The zero-order valence-electron chi connectivity index (χ0n) is 15.4. The maximum atomic E-state index is 12.7. The van der Waals surface area contributed by atoms with Gasteiger partial charge in [-0.3, -0.25) is 14.3 Å². The molecule has 2 aromatic rings. The number of hydrogen-bond acceptors (Lipinski definition) is 6. The van der Waals surface area contributed by atoms with Crippen LogP contribution in [0.4, 0.5) is 10.5 Å². The molecule has 2 unspecified atom stereocenters. The monoisotopic (exact) mass is 394 g/mol. The summed E-state index contributed by atoms with van der Waals surface area (Å²) in [4.78, 5) is 31.5. The van der Waals surface area contributed by atoms with Gasteiger partial charge in [0.1, 0.15) is 5.60 Å². The Bertz CT molecular complexity index is 904. The maximum Gasteiger partial charge on any atom is 0.410 e. The number of imidazole rings is 1. The van der Waals surface area contributed by atoms with E-state index < -0.39 is 27.4 Å². The second-order valence-electron chi connectivity index (χ2n) is 7.48. The van der Waals surface area contributed by atoms with Crippen LogP contribution in [-0.4, -0.2) is 54.0 Å². The fourth-order valence-electron chi connectivity index (χ4n) is 3.02. The summed E-state index contributed by atoms with van der Waals surface area (Å²) in [5, 5.41) is 11.1. The number of non-ortho nitro benzene ring substituents is 1. The molecule has 0 bridgehead atoms. The van der Waals surface area contributed by atoms with E-state index in [-0.39, 0.29) is 22.6 Å². The van der Waals surface area contributed by atoms with Gasteiger partial charge in [-0.05, 0) is 39.7 Å². The lowest BCUT2D eigenvalue weighted by atomic mass is 10.2. The zero-order valence-corrected chi connectivity index (χ0v) is 16.2. The van der Waals surface area contributed by atoms with Crippen LogP contribution >= 0.6 is 0 Å². The third-order valence-electron chi connectivity index (χ3n) is 4.22. The number of carbonyl (C=O) groups is 1. The first kappa shape index (κ1) is 19.3. The van der Waals surface area contributed by atoms with Crippen LogP contribution in [0.25, 0.3) is 11.0 Å². The number of ether oxygens (including phenoxy) is 1. The summed E-state index contributed by atoms with van der Waals surface area (Å²) in [5.74, 6) is 0.237. The van der Waals surface area contributed by atoms with E-state index in [4.69, 9.17) is 4.74 Å².